The van der Waals surface area contributed by atoms with Crippen LogP contribution >= 0.6 is 0 Å². The smallest absolute Gasteiger partial charge is 0.338 e. The fourth-order valence-corrected chi connectivity index (χ4v) is 6.23. The normalized spacial score (nSPS) is 11.7. The number of esters is 2. The van der Waals surface area contributed by atoms with Crippen LogP contribution < -0.4 is 0 Å². The van der Waals surface area contributed by atoms with E-state index in [1.54, 1.807) is 0 Å². The van der Waals surface area contributed by atoms with Crippen LogP contribution in [0.25, 0.3) is 0 Å². The third kappa shape index (κ3) is 19.8. The van der Waals surface area contributed by atoms with Crippen LogP contribution in [0.3, 0.4) is 0 Å². The van der Waals surface area contributed by atoms with Crippen LogP contribution in [0, 0.1) is 0 Å². The Morgan fingerprint density at radius 1 is 0.500 bits per heavy atom. The van der Waals surface area contributed by atoms with Crippen LogP contribution in [0.5, 0.6) is 0 Å². The molecule has 0 radical (unpaired) electrons. The van der Waals surface area contributed by atoms with Crippen molar-refractivity contribution in [2.24, 2.45) is 0 Å². The van der Waals surface area contributed by atoms with Gasteiger partial charge in [-0.1, -0.05) is 101 Å². The third-order valence-electron chi connectivity index (χ3n) is 9.48. The summed E-state index contributed by atoms with van der Waals surface area (Å²) < 4.78 is 12.8. The molecule has 0 heterocycles. The van der Waals surface area contributed by atoms with E-state index in [9.17, 15) is 9.59 Å². The quantitative estimate of drug-likeness (QED) is 0.0369. The monoisotopic (exact) mass is 691 g/mol. The van der Waals surface area contributed by atoms with Crippen molar-refractivity contribution in [2.45, 2.75) is 116 Å². The first-order valence-corrected chi connectivity index (χ1v) is 19.4. The van der Waals surface area contributed by atoms with Crippen molar-refractivity contribution in [3.05, 3.63) is 96.1 Å². The molecular weight excluding hydrogens is 620 g/mol. The van der Waals surface area contributed by atoms with E-state index in [-0.39, 0.29) is 11.9 Å². The van der Waals surface area contributed by atoms with Crippen LogP contribution in [0.15, 0.2) is 73.8 Å². The maximum atomic E-state index is 12.5. The fraction of sp³-hybridized carbons (Fsp3) is 0.591. The van der Waals surface area contributed by atoms with Crippen molar-refractivity contribution in [3.8, 4) is 0 Å². The van der Waals surface area contributed by atoms with Gasteiger partial charge in [-0.2, -0.15) is 0 Å². The van der Waals surface area contributed by atoms with Crippen molar-refractivity contribution in [2.75, 3.05) is 54.5 Å². The molecule has 0 amide bonds. The average Bonchev–Trinajstić information content (AvgIpc) is 3.09. The van der Waals surface area contributed by atoms with Gasteiger partial charge in [0.1, 0.15) is 26.2 Å². The Bertz CT molecular complexity index is 1140. The number of ether oxygens (including phenoxy) is 2. The molecule has 0 aliphatic carbocycles. The van der Waals surface area contributed by atoms with E-state index in [1.807, 2.05) is 36.4 Å². The minimum absolute atomic E-state index is 0.231. The second-order valence-electron chi connectivity index (χ2n) is 15.4. The number of allylic oxidation sites excluding steroid dienone is 2. The Hall–Kier alpha value is -3.22. The molecular formula is C44H70N2O4+2. The number of carbonyl (C=O) groups excluding carboxylic acids is 2. The van der Waals surface area contributed by atoms with E-state index in [0.717, 1.165) is 73.7 Å². The maximum Gasteiger partial charge on any atom is 0.338 e. The summed E-state index contributed by atoms with van der Waals surface area (Å²) >= 11 is 0. The van der Waals surface area contributed by atoms with E-state index in [2.05, 4.69) is 65.6 Å². The van der Waals surface area contributed by atoms with Gasteiger partial charge in [0.25, 0.3) is 0 Å². The molecule has 0 saturated heterocycles. The van der Waals surface area contributed by atoms with Gasteiger partial charge in [0.05, 0.1) is 52.5 Å². The highest BCUT2D eigenvalue weighted by Gasteiger charge is 2.24. The SMILES string of the molecule is C=CCCCCCCCCCOC(=O)c1ccc(C[N+](C)(C)CC[N+](C)(C)Cc2ccc(C(=O)OCCCCCCCCCC=C)cc2)cc1. The number of likely N-dealkylation sites (N-methyl/N-ethyl adjacent to an activating group) is 2. The topological polar surface area (TPSA) is 52.6 Å². The highest BCUT2D eigenvalue weighted by Crippen LogP contribution is 2.17. The van der Waals surface area contributed by atoms with Crippen LogP contribution in [0.4, 0.5) is 0 Å². The molecule has 0 unspecified atom stereocenters. The van der Waals surface area contributed by atoms with E-state index < -0.39 is 0 Å². The average molecular weight is 691 g/mol. The van der Waals surface area contributed by atoms with E-state index >= 15 is 0 Å². The van der Waals surface area contributed by atoms with Crippen LogP contribution in [0.2, 0.25) is 0 Å². The number of quaternary nitrogens is 2. The number of unbranched alkanes of at least 4 members (excludes halogenated alkanes) is 14. The van der Waals surface area contributed by atoms with Gasteiger partial charge in [-0.15, -0.1) is 13.2 Å². The number of carbonyl (C=O) groups is 2. The zero-order chi connectivity index (χ0) is 36.5. The van der Waals surface area contributed by atoms with Gasteiger partial charge in [-0.25, -0.2) is 9.59 Å². The Balaban J connectivity index is 1.66. The number of hydrogen-bond acceptors (Lipinski definition) is 4. The standard InChI is InChI=1S/C44H70N2O4/c1-7-9-11-13-15-17-19-21-23-35-49-43(47)41-29-25-39(26-30-41)37-45(3,4)33-34-46(5,6)38-40-27-31-42(32-28-40)44(48)50-36-24-22-20-18-16-14-12-10-8-2/h7-8,25-32H,1-2,9-24,33-38H2,3-6H3/q+2. The molecule has 0 bridgehead atoms. The summed E-state index contributed by atoms with van der Waals surface area (Å²) in [6.07, 6.45) is 22.8. The first kappa shape index (κ1) is 42.9. The number of rotatable bonds is 29. The largest absolute Gasteiger partial charge is 0.462 e. The van der Waals surface area contributed by atoms with E-state index in [1.165, 1.54) is 75.3 Å². The zero-order valence-electron chi connectivity index (χ0n) is 32.3. The highest BCUT2D eigenvalue weighted by molar-refractivity contribution is 5.89. The second kappa shape index (κ2) is 24.8. The van der Waals surface area contributed by atoms with Crippen LogP contribution in [-0.2, 0) is 22.6 Å². The summed E-state index contributed by atoms with van der Waals surface area (Å²) in [6, 6.07) is 15.8. The molecule has 278 valence electrons. The highest BCUT2D eigenvalue weighted by atomic mass is 16.5. The minimum atomic E-state index is -0.231. The molecule has 0 aliphatic rings. The molecule has 0 aliphatic heterocycles. The lowest BCUT2D eigenvalue weighted by Crippen LogP contribution is -2.49. The predicted octanol–water partition coefficient (Wildman–Crippen LogP) is 10.5. The number of nitrogens with zero attached hydrogens (tertiary/aromatic N) is 2. The van der Waals surface area contributed by atoms with Gasteiger partial charge in [-0.05, 0) is 62.8 Å². The van der Waals surface area contributed by atoms with Gasteiger partial charge in [0, 0.05) is 11.1 Å². The molecule has 2 aromatic carbocycles. The number of hydrogen-bond donors (Lipinski definition) is 0. The molecule has 0 spiro atoms. The van der Waals surface area contributed by atoms with E-state index in [4.69, 9.17) is 9.47 Å². The zero-order valence-corrected chi connectivity index (χ0v) is 32.3. The van der Waals surface area contributed by atoms with Gasteiger partial charge < -0.3 is 18.4 Å². The summed E-state index contributed by atoms with van der Waals surface area (Å²) in [6.45, 7) is 12.3. The molecule has 6 nitrogen and oxygen atoms in total. The summed E-state index contributed by atoms with van der Waals surface area (Å²) in [7, 11) is 9.04. The van der Waals surface area contributed by atoms with Gasteiger partial charge >= 0.3 is 11.9 Å². The van der Waals surface area contributed by atoms with Crippen molar-refractivity contribution in [1.29, 1.82) is 0 Å². The van der Waals surface area contributed by atoms with Crippen LogP contribution in [0.1, 0.15) is 135 Å². The lowest BCUT2D eigenvalue weighted by atomic mass is 10.1. The first-order chi connectivity index (χ1) is 24.0. The van der Waals surface area contributed by atoms with E-state index in [0.29, 0.717) is 24.3 Å². The number of benzene rings is 2. The van der Waals surface area contributed by atoms with Crippen molar-refractivity contribution < 1.29 is 28.0 Å². The third-order valence-corrected chi connectivity index (χ3v) is 9.48. The Labute approximate surface area is 305 Å². The first-order valence-electron chi connectivity index (χ1n) is 19.4. The van der Waals surface area contributed by atoms with Crippen LogP contribution in [-0.4, -0.2) is 75.4 Å². The lowest BCUT2D eigenvalue weighted by molar-refractivity contribution is -0.958. The summed E-state index contributed by atoms with van der Waals surface area (Å²) in [5.41, 5.74) is 3.66. The second-order valence-corrected chi connectivity index (χ2v) is 15.4. The summed E-state index contributed by atoms with van der Waals surface area (Å²) in [4.78, 5) is 25.1. The predicted molar refractivity (Wildman–Crippen MR) is 209 cm³/mol. The van der Waals surface area contributed by atoms with Crippen molar-refractivity contribution >= 4 is 11.9 Å². The molecule has 2 rings (SSSR count). The molecule has 2 aromatic rings. The van der Waals surface area contributed by atoms with Gasteiger partial charge in [-0.3, -0.25) is 0 Å². The molecule has 50 heavy (non-hydrogen) atoms. The summed E-state index contributed by atoms with van der Waals surface area (Å²) in [5, 5.41) is 0. The van der Waals surface area contributed by atoms with Crippen molar-refractivity contribution in [3.63, 3.8) is 0 Å². The maximum absolute atomic E-state index is 12.5. The molecule has 0 aromatic heterocycles. The molecule has 0 atom stereocenters. The molecule has 0 N–H and O–H groups in total. The van der Waals surface area contributed by atoms with Gasteiger partial charge in [0.15, 0.2) is 0 Å². The van der Waals surface area contributed by atoms with Gasteiger partial charge in [0.2, 0.25) is 0 Å². The Morgan fingerprint density at radius 2 is 0.800 bits per heavy atom. The minimum Gasteiger partial charge on any atom is -0.462 e. The Morgan fingerprint density at radius 3 is 1.12 bits per heavy atom. The van der Waals surface area contributed by atoms with Crippen molar-refractivity contribution in [1.82, 2.24) is 0 Å². The molecule has 6 heteroatoms. The summed E-state index contributed by atoms with van der Waals surface area (Å²) in [5.74, 6) is -0.462. The lowest BCUT2D eigenvalue weighted by Gasteiger charge is -2.36. The fourth-order valence-electron chi connectivity index (χ4n) is 6.23. The molecule has 0 fully saturated rings. The molecule has 0 saturated carbocycles. The Kier molecular flexibility index (Phi) is 21.3.